The van der Waals surface area contributed by atoms with Crippen molar-refractivity contribution in [1.29, 1.82) is 0 Å². The van der Waals surface area contributed by atoms with E-state index in [0.29, 0.717) is 10.3 Å². The molecular formula is C25H22BrN3O5. The molecule has 1 aliphatic carbocycles. The van der Waals surface area contributed by atoms with Gasteiger partial charge in [-0.15, -0.1) is 0 Å². The number of carboxylic acids is 1. The summed E-state index contributed by atoms with van der Waals surface area (Å²) in [5, 5.41) is 14.2. The van der Waals surface area contributed by atoms with Gasteiger partial charge in [-0.3, -0.25) is 9.59 Å². The largest absolute Gasteiger partial charge is 0.481 e. The number of benzene rings is 2. The highest BCUT2D eigenvalue weighted by molar-refractivity contribution is 9.10. The summed E-state index contributed by atoms with van der Waals surface area (Å²) in [6, 6.07) is 18.0. The molecule has 2 aromatic carbocycles. The van der Waals surface area contributed by atoms with E-state index in [9.17, 15) is 14.4 Å². The van der Waals surface area contributed by atoms with Crippen molar-refractivity contribution in [3.8, 4) is 11.1 Å². The predicted molar refractivity (Wildman–Crippen MR) is 129 cm³/mol. The maximum absolute atomic E-state index is 12.7. The molecule has 0 aliphatic heterocycles. The van der Waals surface area contributed by atoms with Crippen LogP contribution in [0.4, 0.5) is 10.5 Å². The molecule has 1 heterocycles. The van der Waals surface area contributed by atoms with E-state index in [1.807, 2.05) is 48.5 Å². The second-order valence-electron chi connectivity index (χ2n) is 7.81. The third kappa shape index (κ3) is 5.43. The normalized spacial score (nSPS) is 12.9. The first-order valence-electron chi connectivity index (χ1n) is 10.7. The number of rotatable bonds is 8. The fourth-order valence-corrected chi connectivity index (χ4v) is 4.39. The van der Waals surface area contributed by atoms with E-state index in [4.69, 9.17) is 9.84 Å². The van der Waals surface area contributed by atoms with Crippen LogP contribution in [0.5, 0.6) is 0 Å². The number of amides is 2. The molecule has 1 aromatic heterocycles. The Morgan fingerprint density at radius 1 is 1.03 bits per heavy atom. The minimum atomic E-state index is -1.08. The monoisotopic (exact) mass is 523 g/mol. The Hall–Kier alpha value is -3.72. The number of alkyl carbamates (subject to hydrolysis) is 1. The zero-order valence-electron chi connectivity index (χ0n) is 18.0. The number of carbonyl (C=O) groups is 3. The Morgan fingerprint density at radius 3 is 2.29 bits per heavy atom. The SMILES string of the molecule is O=C(O)CCC(NC(=O)OCC1c2ccccc2-c2ccccc21)C(=O)Nc1ccnc(Br)c1. The number of nitrogens with one attached hydrogen (secondary N) is 2. The maximum atomic E-state index is 12.7. The first kappa shape index (κ1) is 23.4. The fourth-order valence-electron chi connectivity index (χ4n) is 4.03. The Balaban J connectivity index is 1.43. The molecule has 0 radical (unpaired) electrons. The van der Waals surface area contributed by atoms with E-state index in [2.05, 4.69) is 31.5 Å². The maximum Gasteiger partial charge on any atom is 0.407 e. The minimum absolute atomic E-state index is 0.0857. The number of aliphatic carboxylic acids is 1. The summed E-state index contributed by atoms with van der Waals surface area (Å²) in [5.41, 5.74) is 4.81. The molecule has 3 aromatic rings. The summed E-state index contributed by atoms with van der Waals surface area (Å²) in [6.45, 7) is 0.0877. The third-order valence-electron chi connectivity index (χ3n) is 5.59. The summed E-state index contributed by atoms with van der Waals surface area (Å²) in [4.78, 5) is 40.4. The molecule has 1 unspecified atom stereocenters. The summed E-state index contributed by atoms with van der Waals surface area (Å²) >= 11 is 3.23. The van der Waals surface area contributed by atoms with Gasteiger partial charge in [-0.1, -0.05) is 48.5 Å². The van der Waals surface area contributed by atoms with Gasteiger partial charge in [0.2, 0.25) is 5.91 Å². The third-order valence-corrected chi connectivity index (χ3v) is 6.03. The van der Waals surface area contributed by atoms with E-state index >= 15 is 0 Å². The molecule has 9 heteroatoms. The molecule has 1 atom stereocenters. The number of hydrogen-bond donors (Lipinski definition) is 3. The summed E-state index contributed by atoms with van der Waals surface area (Å²) in [7, 11) is 0. The molecule has 0 bridgehead atoms. The van der Waals surface area contributed by atoms with Crippen LogP contribution in [0.3, 0.4) is 0 Å². The van der Waals surface area contributed by atoms with Crippen LogP contribution in [0, 0.1) is 0 Å². The number of carbonyl (C=O) groups excluding carboxylic acids is 2. The topological polar surface area (TPSA) is 118 Å². The molecule has 0 saturated heterocycles. The Morgan fingerprint density at radius 2 is 1.68 bits per heavy atom. The van der Waals surface area contributed by atoms with E-state index in [0.717, 1.165) is 22.3 Å². The molecule has 174 valence electrons. The van der Waals surface area contributed by atoms with Gasteiger partial charge >= 0.3 is 12.1 Å². The Kier molecular flexibility index (Phi) is 7.22. The second-order valence-corrected chi connectivity index (χ2v) is 8.62. The van der Waals surface area contributed by atoms with Gasteiger partial charge < -0.3 is 20.5 Å². The number of ether oxygens (including phenoxy) is 1. The van der Waals surface area contributed by atoms with Crippen molar-refractivity contribution in [2.75, 3.05) is 11.9 Å². The smallest absolute Gasteiger partial charge is 0.407 e. The quantitative estimate of drug-likeness (QED) is 0.372. The number of fused-ring (bicyclic) bond motifs is 3. The molecule has 2 amide bonds. The van der Waals surface area contributed by atoms with E-state index in [1.54, 1.807) is 12.1 Å². The van der Waals surface area contributed by atoms with Crippen LogP contribution in [0.1, 0.15) is 29.9 Å². The van der Waals surface area contributed by atoms with Crippen LogP contribution < -0.4 is 10.6 Å². The highest BCUT2D eigenvalue weighted by Gasteiger charge is 2.30. The molecule has 8 nitrogen and oxygen atoms in total. The molecule has 0 fully saturated rings. The Bertz CT molecular complexity index is 1190. The van der Waals surface area contributed by atoms with E-state index in [-0.39, 0.29) is 25.4 Å². The summed E-state index contributed by atoms with van der Waals surface area (Å²) in [6.07, 6.45) is 0.341. The molecule has 4 rings (SSSR count). The predicted octanol–water partition coefficient (Wildman–Crippen LogP) is 4.55. The zero-order chi connectivity index (χ0) is 24.1. The first-order valence-corrected chi connectivity index (χ1v) is 11.5. The number of anilines is 1. The molecule has 0 saturated carbocycles. The lowest BCUT2D eigenvalue weighted by molar-refractivity contribution is -0.137. The van der Waals surface area contributed by atoms with Crippen molar-refractivity contribution in [2.24, 2.45) is 0 Å². The number of nitrogens with zero attached hydrogens (tertiary/aromatic N) is 1. The van der Waals surface area contributed by atoms with Crippen molar-refractivity contribution in [1.82, 2.24) is 10.3 Å². The summed E-state index contributed by atoms with van der Waals surface area (Å²) < 4.78 is 6.03. The van der Waals surface area contributed by atoms with E-state index < -0.39 is 24.0 Å². The van der Waals surface area contributed by atoms with Gasteiger partial charge in [0, 0.05) is 24.2 Å². The van der Waals surface area contributed by atoms with Crippen LogP contribution in [0.15, 0.2) is 71.5 Å². The molecule has 1 aliphatic rings. The van der Waals surface area contributed by atoms with Gasteiger partial charge in [0.15, 0.2) is 0 Å². The first-order chi connectivity index (χ1) is 16.4. The molecular weight excluding hydrogens is 502 g/mol. The van der Waals surface area contributed by atoms with Crippen molar-refractivity contribution in [3.63, 3.8) is 0 Å². The Labute approximate surface area is 204 Å². The number of halogens is 1. The lowest BCUT2D eigenvalue weighted by atomic mass is 9.98. The second kappa shape index (κ2) is 10.5. The van der Waals surface area contributed by atoms with Crippen LogP contribution in [0.25, 0.3) is 11.1 Å². The van der Waals surface area contributed by atoms with Crippen molar-refractivity contribution >= 4 is 39.6 Å². The van der Waals surface area contributed by atoms with Crippen LogP contribution in [0.2, 0.25) is 0 Å². The number of aromatic nitrogens is 1. The lowest BCUT2D eigenvalue weighted by Gasteiger charge is -2.19. The number of carboxylic acid groups (broad SMARTS) is 1. The van der Waals surface area contributed by atoms with Gasteiger partial charge in [-0.2, -0.15) is 0 Å². The minimum Gasteiger partial charge on any atom is -0.481 e. The van der Waals surface area contributed by atoms with Gasteiger partial charge in [-0.25, -0.2) is 9.78 Å². The van der Waals surface area contributed by atoms with Crippen molar-refractivity contribution < 1.29 is 24.2 Å². The standard InChI is InChI=1S/C25H22BrN3O5/c26-22-13-15(11-12-27-22)28-24(32)21(9-10-23(30)31)29-25(33)34-14-20-18-7-3-1-5-16(18)17-6-2-4-8-19(17)20/h1-8,11-13,20-21H,9-10,14H2,(H,29,33)(H,30,31)(H,27,28,32). The average Bonchev–Trinajstić information content (AvgIpc) is 3.14. The van der Waals surface area contributed by atoms with Gasteiger partial charge in [0.1, 0.15) is 17.3 Å². The van der Waals surface area contributed by atoms with Gasteiger partial charge in [0.05, 0.1) is 0 Å². The number of hydrogen-bond acceptors (Lipinski definition) is 5. The fraction of sp³-hybridized carbons (Fsp3) is 0.200. The van der Waals surface area contributed by atoms with Crippen molar-refractivity contribution in [3.05, 3.63) is 82.6 Å². The molecule has 34 heavy (non-hydrogen) atoms. The van der Waals surface area contributed by atoms with Gasteiger partial charge in [-0.05, 0) is 56.7 Å². The lowest BCUT2D eigenvalue weighted by Crippen LogP contribution is -2.44. The number of pyridine rings is 1. The van der Waals surface area contributed by atoms with Crippen molar-refractivity contribution in [2.45, 2.75) is 24.8 Å². The zero-order valence-corrected chi connectivity index (χ0v) is 19.6. The molecule has 0 spiro atoms. The summed E-state index contributed by atoms with van der Waals surface area (Å²) in [5.74, 6) is -1.75. The average molecular weight is 524 g/mol. The van der Waals surface area contributed by atoms with Crippen LogP contribution >= 0.6 is 15.9 Å². The highest BCUT2D eigenvalue weighted by Crippen LogP contribution is 2.44. The van der Waals surface area contributed by atoms with E-state index in [1.165, 1.54) is 6.20 Å². The van der Waals surface area contributed by atoms with Gasteiger partial charge in [0.25, 0.3) is 0 Å². The van der Waals surface area contributed by atoms with Crippen LogP contribution in [-0.2, 0) is 14.3 Å². The molecule has 3 N–H and O–H groups in total. The highest BCUT2D eigenvalue weighted by atomic mass is 79.9. The van der Waals surface area contributed by atoms with Crippen LogP contribution in [-0.4, -0.2) is 40.7 Å².